The summed E-state index contributed by atoms with van der Waals surface area (Å²) < 4.78 is 0. The van der Waals surface area contributed by atoms with Crippen LogP contribution in [0, 0.1) is 40.4 Å². The van der Waals surface area contributed by atoms with Crippen molar-refractivity contribution in [2.24, 2.45) is 0 Å². The Morgan fingerprint density at radius 2 is 1.33 bits per heavy atom. The largest absolute Gasteiger partial charge is 0.412 e. The molecular formula is C5H10O3Sm. The maximum atomic E-state index is 10.0. The zero-order valence-corrected chi connectivity index (χ0v) is 8.05. The molecule has 0 fully saturated rings. The summed E-state index contributed by atoms with van der Waals surface area (Å²) in [4.78, 5) is 20.1. The average Bonchev–Trinajstić information content (AvgIpc) is 1.27. The molecule has 0 heterocycles. The van der Waals surface area contributed by atoms with Crippen molar-refractivity contribution in [2.75, 3.05) is 0 Å². The van der Waals surface area contributed by atoms with Crippen molar-refractivity contribution >= 4 is 11.6 Å². The Morgan fingerprint density at radius 3 is 1.33 bits per heavy atom. The van der Waals surface area contributed by atoms with E-state index in [4.69, 9.17) is 0 Å². The molecule has 0 aromatic carbocycles. The smallest absolute Gasteiger partial charge is 0.137 e. The number of carbonyl (C=O) groups excluding carboxylic acids is 2. The Balaban J connectivity index is -0.000000180. The van der Waals surface area contributed by atoms with Gasteiger partial charge in [0.1, 0.15) is 11.6 Å². The van der Waals surface area contributed by atoms with Gasteiger partial charge in [-0.05, 0) is 13.8 Å². The Labute approximate surface area is 86.6 Å². The number of ketones is 2. The van der Waals surface area contributed by atoms with Crippen LogP contribution in [0.4, 0.5) is 0 Å². The van der Waals surface area contributed by atoms with Gasteiger partial charge in [0.2, 0.25) is 0 Å². The van der Waals surface area contributed by atoms with Crippen molar-refractivity contribution < 1.29 is 55.5 Å². The van der Waals surface area contributed by atoms with Crippen LogP contribution >= 0.6 is 0 Å². The Hall–Kier alpha value is 0.638. The van der Waals surface area contributed by atoms with Crippen LogP contribution in [0.1, 0.15) is 20.3 Å². The van der Waals surface area contributed by atoms with E-state index in [1.54, 1.807) is 0 Å². The van der Waals surface area contributed by atoms with Gasteiger partial charge in [-0.2, -0.15) is 0 Å². The molecule has 0 amide bonds. The summed E-state index contributed by atoms with van der Waals surface area (Å²) in [5.41, 5.74) is 0. The average molecular weight is 268 g/mol. The second-order valence-corrected chi connectivity index (χ2v) is 1.58. The summed E-state index contributed by atoms with van der Waals surface area (Å²) in [6, 6.07) is 0. The SMILES string of the molecule is CC(=O)CC(C)=O.O.[Sm]. The summed E-state index contributed by atoms with van der Waals surface area (Å²) in [7, 11) is 0. The standard InChI is InChI=1S/C5H8O2.H2O.Sm/c1-4(6)3-5(2)7;;/h3H2,1-2H3;1H2;. The first-order chi connectivity index (χ1) is 3.13. The molecule has 0 atom stereocenters. The molecule has 0 spiro atoms. The van der Waals surface area contributed by atoms with Gasteiger partial charge < -0.3 is 5.48 Å². The maximum Gasteiger partial charge on any atom is 0.137 e. The summed E-state index contributed by atoms with van der Waals surface area (Å²) in [6.07, 6.45) is 0.0833. The second kappa shape index (κ2) is 8.64. The summed E-state index contributed by atoms with van der Waals surface area (Å²) >= 11 is 0. The minimum absolute atomic E-state index is 0. The summed E-state index contributed by atoms with van der Waals surface area (Å²) in [5, 5.41) is 0. The van der Waals surface area contributed by atoms with E-state index in [1.165, 1.54) is 13.8 Å². The van der Waals surface area contributed by atoms with Crippen molar-refractivity contribution in [3.05, 3.63) is 0 Å². The molecule has 0 aliphatic heterocycles. The first kappa shape index (κ1) is 16.3. The number of carbonyl (C=O) groups is 2. The number of Topliss-reactive ketones (excluding diaryl/α,β-unsaturated/α-hetero) is 2. The van der Waals surface area contributed by atoms with Gasteiger partial charge in [-0.15, -0.1) is 0 Å². The molecule has 9 heavy (non-hydrogen) atoms. The van der Waals surface area contributed by atoms with Crippen LogP contribution in [-0.2, 0) is 9.59 Å². The first-order valence-corrected chi connectivity index (χ1v) is 2.12. The molecule has 0 unspecified atom stereocenters. The monoisotopic (exact) mass is 270 g/mol. The van der Waals surface area contributed by atoms with Gasteiger partial charge in [-0.25, -0.2) is 0 Å². The van der Waals surface area contributed by atoms with Gasteiger partial charge in [0.15, 0.2) is 0 Å². The van der Waals surface area contributed by atoms with Crippen molar-refractivity contribution in [2.45, 2.75) is 20.3 Å². The van der Waals surface area contributed by atoms with E-state index >= 15 is 0 Å². The van der Waals surface area contributed by atoms with Gasteiger partial charge >= 0.3 is 0 Å². The van der Waals surface area contributed by atoms with Crippen LogP contribution in [0.2, 0.25) is 0 Å². The Morgan fingerprint density at radius 1 is 1.11 bits per heavy atom. The second-order valence-electron chi connectivity index (χ2n) is 1.58. The van der Waals surface area contributed by atoms with Crippen LogP contribution in [0.5, 0.6) is 0 Å². The fraction of sp³-hybridized carbons (Fsp3) is 0.600. The molecule has 0 rings (SSSR count). The maximum absolute atomic E-state index is 10.0. The molecule has 0 aromatic heterocycles. The molecular weight excluding hydrogens is 258 g/mol. The van der Waals surface area contributed by atoms with Crippen molar-refractivity contribution in [1.29, 1.82) is 0 Å². The fourth-order valence-corrected chi connectivity index (χ4v) is 0.351. The van der Waals surface area contributed by atoms with Crippen molar-refractivity contribution in [3.63, 3.8) is 0 Å². The zero-order valence-electron chi connectivity index (χ0n) is 5.43. The van der Waals surface area contributed by atoms with Gasteiger partial charge in [-0.1, -0.05) is 0 Å². The quantitative estimate of drug-likeness (QED) is 0.647. The van der Waals surface area contributed by atoms with Crippen LogP contribution in [0.25, 0.3) is 0 Å². The number of hydrogen-bond acceptors (Lipinski definition) is 2. The summed E-state index contributed by atoms with van der Waals surface area (Å²) in [5.74, 6) is -0.125. The molecule has 2 N–H and O–H groups in total. The Kier molecular flexibility index (Phi) is 15.7. The third-order valence-electron chi connectivity index (χ3n) is 0.498. The number of rotatable bonds is 2. The van der Waals surface area contributed by atoms with E-state index < -0.39 is 0 Å². The van der Waals surface area contributed by atoms with E-state index in [0.717, 1.165) is 0 Å². The molecule has 54 valence electrons. The van der Waals surface area contributed by atoms with Crippen LogP contribution in [0.3, 0.4) is 0 Å². The minimum atomic E-state index is -0.0625. The fourth-order valence-electron chi connectivity index (χ4n) is 0.351. The van der Waals surface area contributed by atoms with Crippen LogP contribution in [-0.4, -0.2) is 17.0 Å². The normalized spacial score (nSPS) is 6.44. The molecule has 0 bridgehead atoms. The van der Waals surface area contributed by atoms with Crippen molar-refractivity contribution in [1.82, 2.24) is 0 Å². The van der Waals surface area contributed by atoms with Crippen molar-refractivity contribution in [3.8, 4) is 0 Å². The molecule has 0 radical (unpaired) electrons. The predicted octanol–water partition coefficient (Wildman–Crippen LogP) is -0.270. The van der Waals surface area contributed by atoms with E-state index in [2.05, 4.69) is 0 Å². The van der Waals surface area contributed by atoms with Gasteiger partial charge in [0, 0.05) is 40.4 Å². The van der Waals surface area contributed by atoms with Gasteiger partial charge in [-0.3, -0.25) is 9.59 Å². The Bertz CT molecular complexity index is 88.4. The minimum Gasteiger partial charge on any atom is -0.412 e. The molecule has 3 nitrogen and oxygen atoms in total. The van der Waals surface area contributed by atoms with Gasteiger partial charge in [0.25, 0.3) is 0 Å². The molecule has 0 saturated heterocycles. The van der Waals surface area contributed by atoms with Crippen LogP contribution < -0.4 is 0 Å². The topological polar surface area (TPSA) is 65.6 Å². The zero-order chi connectivity index (χ0) is 5.86. The van der Waals surface area contributed by atoms with E-state index in [1.807, 2.05) is 0 Å². The molecule has 0 aliphatic carbocycles. The van der Waals surface area contributed by atoms with Crippen LogP contribution in [0.15, 0.2) is 0 Å². The molecule has 0 saturated carbocycles. The van der Waals surface area contributed by atoms with E-state index in [0.29, 0.717) is 0 Å². The summed E-state index contributed by atoms with van der Waals surface area (Å²) in [6.45, 7) is 2.81. The number of hydrogen-bond donors (Lipinski definition) is 0. The molecule has 4 heteroatoms. The van der Waals surface area contributed by atoms with E-state index in [-0.39, 0.29) is 63.9 Å². The third-order valence-corrected chi connectivity index (χ3v) is 0.498. The van der Waals surface area contributed by atoms with Gasteiger partial charge in [0.05, 0.1) is 6.42 Å². The van der Waals surface area contributed by atoms with E-state index in [9.17, 15) is 9.59 Å². The third kappa shape index (κ3) is 17.7. The predicted molar refractivity (Wildman–Crippen MR) is 29.6 cm³/mol. The molecule has 0 aromatic rings. The molecule has 0 aliphatic rings. The first-order valence-electron chi connectivity index (χ1n) is 2.12.